The van der Waals surface area contributed by atoms with Gasteiger partial charge in [-0.3, -0.25) is 9.20 Å². The van der Waals surface area contributed by atoms with Gasteiger partial charge in [-0.15, -0.1) is 11.3 Å². The van der Waals surface area contributed by atoms with E-state index in [0.29, 0.717) is 22.8 Å². The number of nitrogens with zero attached hydrogens (tertiary/aromatic N) is 2. The second kappa shape index (κ2) is 4.27. The number of anilines is 1. The summed E-state index contributed by atoms with van der Waals surface area (Å²) in [6.07, 6.45) is 2.34. The van der Waals surface area contributed by atoms with Crippen molar-refractivity contribution >= 4 is 22.1 Å². The number of rotatable bonds is 2. The van der Waals surface area contributed by atoms with Gasteiger partial charge in [-0.05, 0) is 5.56 Å². The highest BCUT2D eigenvalue weighted by Crippen LogP contribution is 2.16. The summed E-state index contributed by atoms with van der Waals surface area (Å²) in [5.41, 5.74) is 7.41. The summed E-state index contributed by atoms with van der Waals surface area (Å²) in [6.45, 7) is 0. The Labute approximate surface area is 107 Å². The Morgan fingerprint density at radius 3 is 2.83 bits per heavy atom. The third kappa shape index (κ3) is 1.78. The van der Waals surface area contributed by atoms with Crippen molar-refractivity contribution in [3.63, 3.8) is 0 Å². The first-order valence-electron chi connectivity index (χ1n) is 5.54. The van der Waals surface area contributed by atoms with Crippen LogP contribution in [0.2, 0.25) is 0 Å². The molecule has 3 rings (SSSR count). The Kier molecular flexibility index (Phi) is 2.60. The van der Waals surface area contributed by atoms with E-state index < -0.39 is 0 Å². The number of hydrogen-bond acceptors (Lipinski definition) is 4. The molecule has 0 atom stereocenters. The minimum atomic E-state index is -0.237. The maximum absolute atomic E-state index is 12.0. The van der Waals surface area contributed by atoms with Crippen LogP contribution in [0.4, 0.5) is 5.82 Å². The normalized spacial score (nSPS) is 10.9. The molecular formula is C13H11N3OS. The summed E-state index contributed by atoms with van der Waals surface area (Å²) < 4.78 is 1.75. The van der Waals surface area contributed by atoms with E-state index in [4.69, 9.17) is 5.73 Å². The molecule has 0 aliphatic rings. The predicted molar refractivity (Wildman–Crippen MR) is 73.0 cm³/mol. The van der Waals surface area contributed by atoms with E-state index in [1.807, 2.05) is 41.9 Å². The summed E-state index contributed by atoms with van der Waals surface area (Å²) in [4.78, 5) is 16.6. The lowest BCUT2D eigenvalue weighted by atomic mass is 10.1. The second-order valence-corrected chi connectivity index (χ2v) is 4.87. The Bertz CT molecular complexity index is 746. The summed E-state index contributed by atoms with van der Waals surface area (Å²) in [6, 6.07) is 9.78. The van der Waals surface area contributed by atoms with E-state index in [2.05, 4.69) is 4.98 Å². The molecule has 0 aliphatic carbocycles. The molecule has 90 valence electrons. The molecule has 0 amide bonds. The molecular weight excluding hydrogens is 246 g/mol. The van der Waals surface area contributed by atoms with Crippen LogP contribution in [0, 0.1) is 0 Å². The Morgan fingerprint density at radius 2 is 2.06 bits per heavy atom. The molecule has 0 aliphatic heterocycles. The van der Waals surface area contributed by atoms with Gasteiger partial charge in [-0.1, -0.05) is 30.3 Å². The number of thiazole rings is 1. The van der Waals surface area contributed by atoms with Crippen molar-refractivity contribution in [3.8, 4) is 0 Å². The molecule has 2 N–H and O–H groups in total. The van der Waals surface area contributed by atoms with Crippen molar-refractivity contribution in [3.05, 3.63) is 63.4 Å². The van der Waals surface area contributed by atoms with Crippen molar-refractivity contribution < 1.29 is 0 Å². The standard InChI is InChI=1S/C13H11N3OS/c14-11-10(8-9-4-2-1-3-5-9)12(17)15-13-16(11)6-7-18-13/h1-7H,8,14H2. The molecule has 1 aromatic carbocycles. The molecule has 0 saturated heterocycles. The maximum atomic E-state index is 12.0. The average Bonchev–Trinajstić information content (AvgIpc) is 2.84. The van der Waals surface area contributed by atoms with Crippen molar-refractivity contribution in [1.29, 1.82) is 0 Å². The lowest BCUT2D eigenvalue weighted by Crippen LogP contribution is -2.18. The molecule has 0 bridgehead atoms. The number of aromatic nitrogens is 2. The van der Waals surface area contributed by atoms with Crippen LogP contribution in [0.1, 0.15) is 11.1 Å². The highest BCUT2D eigenvalue weighted by atomic mass is 32.1. The van der Waals surface area contributed by atoms with E-state index in [9.17, 15) is 4.79 Å². The quantitative estimate of drug-likeness (QED) is 0.763. The molecule has 0 saturated carbocycles. The van der Waals surface area contributed by atoms with Gasteiger partial charge in [-0.2, -0.15) is 4.98 Å². The fraction of sp³-hybridized carbons (Fsp3) is 0.0769. The van der Waals surface area contributed by atoms with Gasteiger partial charge < -0.3 is 5.73 Å². The van der Waals surface area contributed by atoms with Crippen LogP contribution < -0.4 is 11.3 Å². The lowest BCUT2D eigenvalue weighted by Gasteiger charge is -2.06. The van der Waals surface area contributed by atoms with Gasteiger partial charge >= 0.3 is 0 Å². The van der Waals surface area contributed by atoms with E-state index in [1.165, 1.54) is 11.3 Å². The number of fused-ring (bicyclic) bond motifs is 1. The minimum absolute atomic E-state index is 0.237. The molecule has 18 heavy (non-hydrogen) atoms. The molecule has 2 aromatic heterocycles. The van der Waals surface area contributed by atoms with Gasteiger partial charge in [0.15, 0.2) is 4.96 Å². The van der Waals surface area contributed by atoms with E-state index >= 15 is 0 Å². The first-order chi connectivity index (χ1) is 8.75. The summed E-state index contributed by atoms with van der Waals surface area (Å²) in [5, 5.41) is 1.87. The van der Waals surface area contributed by atoms with Gasteiger partial charge in [0.05, 0.1) is 5.56 Å². The smallest absolute Gasteiger partial charge is 0.279 e. The first-order valence-corrected chi connectivity index (χ1v) is 6.42. The zero-order valence-corrected chi connectivity index (χ0v) is 10.4. The number of benzene rings is 1. The Morgan fingerprint density at radius 1 is 1.28 bits per heavy atom. The van der Waals surface area contributed by atoms with Gasteiger partial charge in [0.25, 0.3) is 5.56 Å². The molecule has 0 unspecified atom stereocenters. The highest BCUT2D eigenvalue weighted by molar-refractivity contribution is 7.15. The van der Waals surface area contributed by atoms with Crippen LogP contribution >= 0.6 is 11.3 Å². The first kappa shape index (κ1) is 11.0. The number of nitrogen functional groups attached to an aromatic ring is 1. The van der Waals surface area contributed by atoms with E-state index in [-0.39, 0.29) is 5.56 Å². The van der Waals surface area contributed by atoms with E-state index in [1.54, 1.807) is 4.40 Å². The summed E-state index contributed by atoms with van der Waals surface area (Å²) in [5.74, 6) is 0.482. The van der Waals surface area contributed by atoms with Crippen LogP contribution in [-0.2, 0) is 6.42 Å². The molecule has 0 spiro atoms. The van der Waals surface area contributed by atoms with Crippen molar-refractivity contribution in [2.45, 2.75) is 6.42 Å². The topological polar surface area (TPSA) is 60.4 Å². The summed E-state index contributed by atoms with van der Waals surface area (Å²) in [7, 11) is 0. The number of nitrogens with two attached hydrogens (primary N) is 1. The van der Waals surface area contributed by atoms with Crippen molar-refractivity contribution in [1.82, 2.24) is 9.38 Å². The fourth-order valence-electron chi connectivity index (χ4n) is 1.91. The molecule has 3 aromatic rings. The number of hydrogen-bond donors (Lipinski definition) is 1. The third-order valence-corrected chi connectivity index (χ3v) is 3.59. The lowest BCUT2D eigenvalue weighted by molar-refractivity contribution is 1.04. The van der Waals surface area contributed by atoms with Crippen LogP contribution in [-0.4, -0.2) is 9.38 Å². The summed E-state index contributed by atoms with van der Waals surface area (Å²) >= 11 is 1.40. The second-order valence-electron chi connectivity index (χ2n) is 4.00. The highest BCUT2D eigenvalue weighted by Gasteiger charge is 2.11. The zero-order chi connectivity index (χ0) is 12.5. The van der Waals surface area contributed by atoms with Crippen molar-refractivity contribution in [2.24, 2.45) is 0 Å². The van der Waals surface area contributed by atoms with Crippen LogP contribution in [0.5, 0.6) is 0 Å². The van der Waals surface area contributed by atoms with Gasteiger partial charge in [0.1, 0.15) is 5.82 Å². The SMILES string of the molecule is Nc1c(Cc2ccccc2)c(=O)nc2sccn12. The predicted octanol–water partition coefficient (Wildman–Crippen LogP) is 1.93. The van der Waals surface area contributed by atoms with Crippen LogP contribution in [0.15, 0.2) is 46.7 Å². The molecule has 0 fully saturated rings. The zero-order valence-electron chi connectivity index (χ0n) is 9.54. The van der Waals surface area contributed by atoms with Crippen LogP contribution in [0.25, 0.3) is 4.96 Å². The van der Waals surface area contributed by atoms with Crippen LogP contribution in [0.3, 0.4) is 0 Å². The monoisotopic (exact) mass is 257 g/mol. The Balaban J connectivity index is 2.14. The molecule has 5 heteroatoms. The molecule has 0 radical (unpaired) electrons. The Hall–Kier alpha value is -2.14. The fourth-order valence-corrected chi connectivity index (χ4v) is 2.62. The molecule has 4 nitrogen and oxygen atoms in total. The minimum Gasteiger partial charge on any atom is -0.384 e. The third-order valence-electron chi connectivity index (χ3n) is 2.84. The largest absolute Gasteiger partial charge is 0.384 e. The van der Waals surface area contributed by atoms with Gasteiger partial charge in [-0.25, -0.2) is 0 Å². The van der Waals surface area contributed by atoms with E-state index in [0.717, 1.165) is 5.56 Å². The van der Waals surface area contributed by atoms with Gasteiger partial charge in [0, 0.05) is 18.0 Å². The van der Waals surface area contributed by atoms with Gasteiger partial charge in [0.2, 0.25) is 0 Å². The maximum Gasteiger partial charge on any atom is 0.279 e. The average molecular weight is 257 g/mol. The van der Waals surface area contributed by atoms with Crippen molar-refractivity contribution in [2.75, 3.05) is 5.73 Å². The molecule has 2 heterocycles.